The summed E-state index contributed by atoms with van der Waals surface area (Å²) in [6, 6.07) is 0. The van der Waals surface area contributed by atoms with Crippen molar-refractivity contribution in [3.05, 3.63) is 0 Å². The highest BCUT2D eigenvalue weighted by atomic mass is 16.7. The van der Waals surface area contributed by atoms with Crippen LogP contribution in [0.2, 0.25) is 0 Å². The van der Waals surface area contributed by atoms with Crippen LogP contribution in [0, 0.1) is 0 Å². The highest BCUT2D eigenvalue weighted by molar-refractivity contribution is 6.35. The van der Waals surface area contributed by atoms with E-state index in [-0.39, 0.29) is 6.08 Å². The van der Waals surface area contributed by atoms with Crippen molar-refractivity contribution < 1.29 is 19.4 Å². The van der Waals surface area contributed by atoms with Crippen LogP contribution in [0.25, 0.3) is 0 Å². The molecule has 5 nitrogen and oxygen atoms in total. The second kappa shape index (κ2) is 2.70. The van der Waals surface area contributed by atoms with Gasteiger partial charge < -0.3 is 19.4 Å². The summed E-state index contributed by atoms with van der Waals surface area (Å²) in [5.74, 6) is 0. The molecule has 1 aliphatic heterocycles. The van der Waals surface area contributed by atoms with Gasteiger partial charge in [-0.1, -0.05) is 0 Å². The number of hydrogen-bond acceptors (Lipinski definition) is 5. The summed E-state index contributed by atoms with van der Waals surface area (Å²) in [5, 5.41) is 16.4. The zero-order chi connectivity index (χ0) is 6.69. The minimum Gasteiger partial charge on any atom is -0.469 e. The van der Waals surface area contributed by atoms with Crippen molar-refractivity contribution in [3.63, 3.8) is 0 Å². The first-order valence-electron chi connectivity index (χ1n) is 2.49. The summed E-state index contributed by atoms with van der Waals surface area (Å²) < 4.78 is 8.92. The predicted octanol–water partition coefficient (Wildman–Crippen LogP) is -1.64. The van der Waals surface area contributed by atoms with Crippen LogP contribution < -0.4 is 0 Å². The van der Waals surface area contributed by atoms with Gasteiger partial charge >= 0.3 is 13.4 Å². The zero-order valence-corrected chi connectivity index (χ0v) is 4.65. The Labute approximate surface area is 52.1 Å². The normalized spacial score (nSPS) is 16.4. The maximum Gasteiger partial charge on any atom is 0.710 e. The predicted molar refractivity (Wildman–Crippen MR) is 29.5 cm³/mol. The summed E-state index contributed by atoms with van der Waals surface area (Å²) >= 11 is 0. The molecule has 0 atom stereocenters. The van der Waals surface area contributed by atoms with Crippen LogP contribution in [0.5, 0.6) is 0 Å². The number of nitrogens with zero attached hydrogens (tertiary/aromatic N) is 1. The molecule has 0 bridgehead atoms. The molecule has 0 saturated heterocycles. The third-order valence-corrected chi connectivity index (χ3v) is 0.764. The summed E-state index contributed by atoms with van der Waals surface area (Å²) in [7, 11) is -1.83. The molecule has 0 aromatic carbocycles. The van der Waals surface area contributed by atoms with Gasteiger partial charge in [0, 0.05) is 0 Å². The number of ether oxygens (including phenoxy) is 1. The van der Waals surface area contributed by atoms with E-state index in [0.717, 1.165) is 0 Å². The van der Waals surface area contributed by atoms with E-state index >= 15 is 0 Å². The van der Waals surface area contributed by atoms with Gasteiger partial charge in [0.1, 0.15) is 6.61 Å². The lowest BCUT2D eigenvalue weighted by molar-refractivity contribution is 0.213. The molecule has 0 aliphatic carbocycles. The first-order valence-corrected chi connectivity index (χ1v) is 2.49. The van der Waals surface area contributed by atoms with Gasteiger partial charge in [-0.15, -0.1) is 0 Å². The number of rotatable bonds is 1. The summed E-state index contributed by atoms with van der Waals surface area (Å²) in [5.41, 5.74) is 0. The maximum atomic E-state index is 8.19. The lowest BCUT2D eigenvalue weighted by Crippen LogP contribution is -2.21. The Morgan fingerprint density at radius 3 is 2.89 bits per heavy atom. The molecule has 1 aliphatic rings. The monoisotopic (exact) mass is 131 g/mol. The topological polar surface area (TPSA) is 71.3 Å². The van der Waals surface area contributed by atoms with Gasteiger partial charge in [-0.05, 0) is 0 Å². The van der Waals surface area contributed by atoms with Crippen LogP contribution >= 0.6 is 0 Å². The average molecular weight is 131 g/mol. The van der Waals surface area contributed by atoms with E-state index in [9.17, 15) is 0 Å². The van der Waals surface area contributed by atoms with Crippen LogP contribution in [0.1, 0.15) is 0 Å². The van der Waals surface area contributed by atoms with E-state index in [1.807, 2.05) is 0 Å². The highest BCUT2D eigenvalue weighted by Crippen LogP contribution is 1.94. The van der Waals surface area contributed by atoms with E-state index in [4.69, 9.17) is 10.0 Å². The molecule has 0 amide bonds. The Hall–Kier alpha value is -0.745. The minimum atomic E-state index is -1.83. The van der Waals surface area contributed by atoms with Crippen LogP contribution in [0.4, 0.5) is 0 Å². The van der Waals surface area contributed by atoms with E-state index in [1.165, 1.54) is 0 Å². The molecular formula is C3H6BNO4. The maximum absolute atomic E-state index is 8.19. The molecular weight excluding hydrogens is 125 g/mol. The van der Waals surface area contributed by atoms with Crippen molar-refractivity contribution in [3.8, 4) is 0 Å². The molecule has 50 valence electrons. The fourth-order valence-corrected chi connectivity index (χ4v) is 0.477. The number of aliphatic imine (C=N–C) groups is 1. The van der Waals surface area contributed by atoms with E-state index in [2.05, 4.69) is 14.4 Å². The standard InChI is InChI=1S/C3H6BNO4/c6-4(7)9-3-5-1-2-8-3/h6-7H,1-2H2. The minimum absolute atomic E-state index is 0.0509. The van der Waals surface area contributed by atoms with Gasteiger partial charge in [0.2, 0.25) is 0 Å². The van der Waals surface area contributed by atoms with Gasteiger partial charge in [0.25, 0.3) is 0 Å². The molecule has 9 heavy (non-hydrogen) atoms. The van der Waals surface area contributed by atoms with Gasteiger partial charge in [0.05, 0.1) is 6.54 Å². The summed E-state index contributed by atoms with van der Waals surface area (Å²) in [6.45, 7) is 0.962. The molecule has 6 heteroatoms. The lowest BCUT2D eigenvalue weighted by Gasteiger charge is -2.00. The first-order chi connectivity index (χ1) is 4.29. The van der Waals surface area contributed by atoms with Crippen molar-refractivity contribution in [1.29, 1.82) is 0 Å². The molecule has 1 heterocycles. The first kappa shape index (κ1) is 6.38. The van der Waals surface area contributed by atoms with Crippen molar-refractivity contribution in [2.24, 2.45) is 4.99 Å². The van der Waals surface area contributed by atoms with Crippen molar-refractivity contribution >= 4 is 13.4 Å². The van der Waals surface area contributed by atoms with E-state index < -0.39 is 7.32 Å². The third-order valence-electron chi connectivity index (χ3n) is 0.764. The molecule has 0 spiro atoms. The largest absolute Gasteiger partial charge is 0.710 e. The van der Waals surface area contributed by atoms with Crippen LogP contribution in [0.3, 0.4) is 0 Å². The summed E-state index contributed by atoms with van der Waals surface area (Å²) in [4.78, 5) is 3.63. The Kier molecular flexibility index (Phi) is 1.91. The van der Waals surface area contributed by atoms with Gasteiger partial charge in [-0.3, -0.25) is 0 Å². The fraction of sp³-hybridized carbons (Fsp3) is 0.667. The lowest BCUT2D eigenvalue weighted by atomic mass is 10.3. The van der Waals surface area contributed by atoms with Crippen LogP contribution in [-0.4, -0.2) is 36.6 Å². The van der Waals surface area contributed by atoms with Gasteiger partial charge in [0.15, 0.2) is 0 Å². The van der Waals surface area contributed by atoms with Crippen molar-refractivity contribution in [1.82, 2.24) is 0 Å². The van der Waals surface area contributed by atoms with Crippen molar-refractivity contribution in [2.75, 3.05) is 13.2 Å². The molecule has 0 radical (unpaired) electrons. The highest BCUT2D eigenvalue weighted by Gasteiger charge is 2.17. The molecule has 0 fully saturated rings. The Morgan fingerprint density at radius 1 is 1.67 bits per heavy atom. The Balaban J connectivity index is 2.26. The molecule has 0 saturated carbocycles. The summed E-state index contributed by atoms with van der Waals surface area (Å²) in [6.07, 6.45) is -0.0509. The van der Waals surface area contributed by atoms with E-state index in [0.29, 0.717) is 13.2 Å². The fourth-order valence-electron chi connectivity index (χ4n) is 0.477. The Morgan fingerprint density at radius 2 is 2.44 bits per heavy atom. The van der Waals surface area contributed by atoms with Gasteiger partial charge in [-0.2, -0.15) is 0 Å². The molecule has 2 N–H and O–H groups in total. The molecule has 0 aromatic heterocycles. The smallest absolute Gasteiger partial charge is 0.469 e. The third kappa shape index (κ3) is 1.91. The number of hydrogen-bond donors (Lipinski definition) is 2. The Bertz CT molecular complexity index is 125. The SMILES string of the molecule is OB(O)OC1=NCCO1. The zero-order valence-electron chi connectivity index (χ0n) is 4.65. The van der Waals surface area contributed by atoms with Crippen molar-refractivity contribution in [2.45, 2.75) is 0 Å². The average Bonchev–Trinajstić information content (AvgIpc) is 2.15. The second-order valence-electron chi connectivity index (χ2n) is 1.44. The molecule has 0 aromatic rings. The molecule has 0 unspecified atom stereocenters. The second-order valence-corrected chi connectivity index (χ2v) is 1.44. The van der Waals surface area contributed by atoms with Crippen LogP contribution in [0.15, 0.2) is 4.99 Å². The van der Waals surface area contributed by atoms with Gasteiger partial charge in [-0.25, -0.2) is 4.99 Å². The van der Waals surface area contributed by atoms with E-state index in [1.54, 1.807) is 0 Å². The van der Waals surface area contributed by atoms with Crippen LogP contribution in [-0.2, 0) is 9.39 Å². The quantitative estimate of drug-likeness (QED) is 0.418. The molecule has 1 rings (SSSR count).